The van der Waals surface area contributed by atoms with Crippen molar-refractivity contribution in [1.82, 2.24) is 5.32 Å². The number of hydrogen-bond acceptors (Lipinski definition) is 5. The number of carbonyl (C=O) groups excluding carboxylic acids is 2. The van der Waals surface area contributed by atoms with E-state index in [0.29, 0.717) is 19.4 Å². The molecule has 0 aliphatic heterocycles. The fourth-order valence-corrected chi connectivity index (χ4v) is 10.1. The first-order chi connectivity index (χ1) is 36.0. The fraction of sp³-hybridized carbons (Fsp3) is 0.881. The summed E-state index contributed by atoms with van der Waals surface area (Å²) in [4.78, 5) is 24.5. The minimum absolute atomic E-state index is 0.00572. The van der Waals surface area contributed by atoms with E-state index in [4.69, 9.17) is 4.74 Å². The Morgan fingerprint density at radius 3 is 1.07 bits per heavy atom. The van der Waals surface area contributed by atoms with Crippen LogP contribution >= 0.6 is 0 Å². The summed E-state index contributed by atoms with van der Waals surface area (Å²) >= 11 is 0. The number of esters is 1. The number of unbranched alkanes of at least 4 members (excludes halogenated alkanes) is 46. The van der Waals surface area contributed by atoms with E-state index in [1.54, 1.807) is 6.08 Å². The SMILES string of the molecule is CCCCC/C=C\C/C=C\CCCCCCCC(=O)OCCCCCCCCCCCCCCCCCCCCCCCCCCCCCCCCC(=O)NC(CO)C(O)/C=C/CCCCCCCCCCC. The van der Waals surface area contributed by atoms with Gasteiger partial charge < -0.3 is 20.3 Å². The summed E-state index contributed by atoms with van der Waals surface area (Å²) in [6, 6.07) is -0.623. The van der Waals surface area contributed by atoms with Gasteiger partial charge in [0.15, 0.2) is 0 Å². The van der Waals surface area contributed by atoms with Crippen LogP contribution in [-0.4, -0.2) is 47.4 Å². The van der Waals surface area contributed by atoms with E-state index in [0.717, 1.165) is 51.4 Å². The molecular weight excluding hydrogens is 899 g/mol. The highest BCUT2D eigenvalue weighted by Gasteiger charge is 2.18. The van der Waals surface area contributed by atoms with E-state index in [-0.39, 0.29) is 18.5 Å². The maximum Gasteiger partial charge on any atom is 0.305 e. The van der Waals surface area contributed by atoms with Gasteiger partial charge in [0, 0.05) is 12.8 Å². The summed E-state index contributed by atoms with van der Waals surface area (Å²) in [6.45, 7) is 4.88. The lowest BCUT2D eigenvalue weighted by Crippen LogP contribution is -2.45. The summed E-state index contributed by atoms with van der Waals surface area (Å²) in [7, 11) is 0. The highest BCUT2D eigenvalue weighted by molar-refractivity contribution is 5.76. The van der Waals surface area contributed by atoms with Crippen LogP contribution in [0.2, 0.25) is 0 Å². The van der Waals surface area contributed by atoms with Gasteiger partial charge in [-0.05, 0) is 64.2 Å². The van der Waals surface area contributed by atoms with Crippen molar-refractivity contribution in [3.8, 4) is 0 Å². The molecule has 0 spiro atoms. The highest BCUT2D eigenvalue weighted by atomic mass is 16.5. The molecular formula is C67H127NO5. The number of carbonyl (C=O) groups is 2. The van der Waals surface area contributed by atoms with Crippen molar-refractivity contribution in [1.29, 1.82) is 0 Å². The van der Waals surface area contributed by atoms with Crippen molar-refractivity contribution in [3.05, 3.63) is 36.5 Å². The maximum atomic E-state index is 12.4. The first kappa shape index (κ1) is 71.1. The standard InChI is InChI=1S/C67H127NO5/c1-3-5-7-9-11-13-15-16-33-37-41-45-49-53-57-61-67(72)73-62-58-54-50-46-42-38-35-32-30-28-26-24-22-20-18-17-19-21-23-25-27-29-31-34-36-40-44-48-52-56-60-66(71)68-64(63-69)65(70)59-55-51-47-43-39-14-12-10-8-6-4-2/h11,13,16,33,55,59,64-65,69-70H,3-10,12,14-15,17-32,34-54,56-58,60-63H2,1-2H3,(H,68,71)/b13-11-,33-16-,59-55+. The molecule has 6 heteroatoms. The van der Waals surface area contributed by atoms with Crippen LogP contribution in [-0.2, 0) is 14.3 Å². The minimum atomic E-state index is -0.840. The number of allylic oxidation sites excluding steroid dienone is 5. The average molecular weight is 1030 g/mol. The molecule has 0 bridgehead atoms. The summed E-state index contributed by atoms with van der Waals surface area (Å²) < 4.78 is 5.48. The molecule has 0 aliphatic carbocycles. The molecule has 0 aliphatic rings. The van der Waals surface area contributed by atoms with Gasteiger partial charge in [0.25, 0.3) is 0 Å². The number of aliphatic hydroxyl groups is 2. The topological polar surface area (TPSA) is 95.9 Å². The first-order valence-electron chi connectivity index (χ1n) is 32.8. The van der Waals surface area contributed by atoms with Crippen LogP contribution in [0, 0.1) is 0 Å². The second kappa shape index (κ2) is 62.6. The van der Waals surface area contributed by atoms with E-state index in [1.165, 1.54) is 276 Å². The zero-order chi connectivity index (χ0) is 52.9. The maximum absolute atomic E-state index is 12.4. The van der Waals surface area contributed by atoms with Gasteiger partial charge in [-0.15, -0.1) is 0 Å². The van der Waals surface area contributed by atoms with Gasteiger partial charge in [0.2, 0.25) is 5.91 Å². The van der Waals surface area contributed by atoms with E-state index < -0.39 is 12.1 Å². The molecule has 6 nitrogen and oxygen atoms in total. The second-order valence-corrected chi connectivity index (χ2v) is 22.5. The third-order valence-corrected chi connectivity index (χ3v) is 15.2. The predicted octanol–water partition coefficient (Wildman–Crippen LogP) is 20.8. The Morgan fingerprint density at radius 2 is 0.685 bits per heavy atom. The average Bonchev–Trinajstić information content (AvgIpc) is 3.39. The molecule has 0 radical (unpaired) electrons. The van der Waals surface area contributed by atoms with Crippen molar-refractivity contribution in [2.45, 2.75) is 366 Å². The third kappa shape index (κ3) is 59.2. The molecule has 0 rings (SSSR count). The summed E-state index contributed by atoms with van der Waals surface area (Å²) in [5.74, 6) is -0.0588. The lowest BCUT2D eigenvalue weighted by molar-refractivity contribution is -0.143. The summed E-state index contributed by atoms with van der Waals surface area (Å²) in [6.07, 6.45) is 79.3. The largest absolute Gasteiger partial charge is 0.466 e. The van der Waals surface area contributed by atoms with Crippen molar-refractivity contribution >= 4 is 11.9 Å². The molecule has 1 amide bonds. The van der Waals surface area contributed by atoms with E-state index in [1.807, 2.05) is 6.08 Å². The van der Waals surface area contributed by atoms with Crippen molar-refractivity contribution in [3.63, 3.8) is 0 Å². The smallest absolute Gasteiger partial charge is 0.305 e. The van der Waals surface area contributed by atoms with E-state index in [9.17, 15) is 19.8 Å². The Bertz CT molecular complexity index is 1180. The number of rotatable bonds is 61. The van der Waals surface area contributed by atoms with Crippen LogP contribution < -0.4 is 5.32 Å². The van der Waals surface area contributed by atoms with Gasteiger partial charge in [-0.1, -0.05) is 314 Å². The molecule has 2 unspecified atom stereocenters. The highest BCUT2D eigenvalue weighted by Crippen LogP contribution is 2.18. The molecule has 0 aromatic carbocycles. The van der Waals surface area contributed by atoms with Gasteiger partial charge in [0.05, 0.1) is 25.4 Å². The molecule has 2 atom stereocenters. The Labute approximate surface area is 455 Å². The lowest BCUT2D eigenvalue weighted by Gasteiger charge is -2.20. The Balaban J connectivity index is 3.33. The lowest BCUT2D eigenvalue weighted by atomic mass is 10.0. The van der Waals surface area contributed by atoms with Gasteiger partial charge >= 0.3 is 5.97 Å². The molecule has 3 N–H and O–H groups in total. The molecule has 73 heavy (non-hydrogen) atoms. The number of aliphatic hydroxyl groups excluding tert-OH is 2. The number of nitrogens with one attached hydrogen (secondary N) is 1. The zero-order valence-corrected chi connectivity index (χ0v) is 49.1. The van der Waals surface area contributed by atoms with Crippen molar-refractivity contribution in [2.24, 2.45) is 0 Å². The van der Waals surface area contributed by atoms with Crippen LogP contribution in [0.5, 0.6) is 0 Å². The predicted molar refractivity (Wildman–Crippen MR) is 319 cm³/mol. The summed E-state index contributed by atoms with van der Waals surface area (Å²) in [5.41, 5.74) is 0. The van der Waals surface area contributed by atoms with Gasteiger partial charge in [-0.3, -0.25) is 9.59 Å². The Morgan fingerprint density at radius 1 is 0.384 bits per heavy atom. The van der Waals surface area contributed by atoms with Crippen LogP contribution in [0.4, 0.5) is 0 Å². The minimum Gasteiger partial charge on any atom is -0.466 e. The zero-order valence-electron chi connectivity index (χ0n) is 49.1. The number of amides is 1. The molecule has 0 aromatic heterocycles. The molecule has 0 fully saturated rings. The van der Waals surface area contributed by atoms with Gasteiger partial charge in [-0.25, -0.2) is 0 Å². The van der Waals surface area contributed by atoms with Crippen LogP contribution in [0.25, 0.3) is 0 Å². The van der Waals surface area contributed by atoms with Crippen LogP contribution in [0.3, 0.4) is 0 Å². The third-order valence-electron chi connectivity index (χ3n) is 15.2. The van der Waals surface area contributed by atoms with Crippen molar-refractivity contribution < 1.29 is 24.5 Å². The van der Waals surface area contributed by atoms with Crippen LogP contribution in [0.15, 0.2) is 36.5 Å². The van der Waals surface area contributed by atoms with Crippen LogP contribution in [0.1, 0.15) is 354 Å². The van der Waals surface area contributed by atoms with Gasteiger partial charge in [-0.2, -0.15) is 0 Å². The number of hydrogen-bond donors (Lipinski definition) is 3. The first-order valence-corrected chi connectivity index (χ1v) is 32.8. The Kier molecular flexibility index (Phi) is 61.0. The number of ether oxygens (including phenoxy) is 1. The summed E-state index contributed by atoms with van der Waals surface area (Å²) in [5, 5.41) is 23.0. The molecule has 430 valence electrons. The quantitative estimate of drug-likeness (QED) is 0.0320. The monoisotopic (exact) mass is 1030 g/mol. The second-order valence-electron chi connectivity index (χ2n) is 22.5. The van der Waals surface area contributed by atoms with E-state index in [2.05, 4.69) is 43.5 Å². The Hall–Kier alpha value is -1.92. The van der Waals surface area contributed by atoms with E-state index >= 15 is 0 Å². The van der Waals surface area contributed by atoms with Crippen molar-refractivity contribution in [2.75, 3.05) is 13.2 Å². The molecule has 0 aromatic rings. The normalized spacial score (nSPS) is 12.8. The molecule has 0 saturated heterocycles. The molecule has 0 heterocycles. The molecule has 0 saturated carbocycles. The van der Waals surface area contributed by atoms with Gasteiger partial charge in [0.1, 0.15) is 0 Å². The fourth-order valence-electron chi connectivity index (χ4n) is 10.1.